The predicted octanol–water partition coefficient (Wildman–Crippen LogP) is 4.97. The number of rotatable bonds is 6. The smallest absolute Gasteiger partial charge is 0.255 e. The highest BCUT2D eigenvalue weighted by atomic mass is 32.1. The fraction of sp³-hybridized carbons (Fsp3) is 0.0909. The Bertz CT molecular complexity index is 1160. The Morgan fingerprint density at radius 1 is 1.10 bits per heavy atom. The van der Waals surface area contributed by atoms with E-state index in [1.165, 1.54) is 23.5 Å². The summed E-state index contributed by atoms with van der Waals surface area (Å²) in [6.07, 6.45) is 5.01. The van der Waals surface area contributed by atoms with Crippen LogP contribution in [0.1, 0.15) is 28.3 Å². The molecule has 6 nitrogen and oxygen atoms in total. The van der Waals surface area contributed by atoms with E-state index in [9.17, 15) is 9.18 Å². The Balaban J connectivity index is 1.50. The molecule has 0 spiro atoms. The van der Waals surface area contributed by atoms with Crippen LogP contribution in [0.3, 0.4) is 0 Å². The molecule has 3 aromatic heterocycles. The molecular formula is C22H18FN5OS. The van der Waals surface area contributed by atoms with Crippen LogP contribution in [0.25, 0.3) is 11.3 Å². The summed E-state index contributed by atoms with van der Waals surface area (Å²) in [6.45, 7) is 1.88. The van der Waals surface area contributed by atoms with E-state index in [2.05, 4.69) is 25.6 Å². The number of benzene rings is 1. The number of carbonyl (C=O) groups excluding carboxylic acids is 1. The van der Waals surface area contributed by atoms with Crippen LogP contribution >= 0.6 is 11.3 Å². The van der Waals surface area contributed by atoms with Gasteiger partial charge in [-0.1, -0.05) is 6.07 Å². The summed E-state index contributed by atoms with van der Waals surface area (Å²) < 4.78 is 13.5. The number of thiazole rings is 1. The van der Waals surface area contributed by atoms with Crippen LogP contribution in [-0.2, 0) is 0 Å². The van der Waals surface area contributed by atoms with Crippen molar-refractivity contribution in [1.82, 2.24) is 20.3 Å². The standard InChI is InChI=1S/C22H18FN5OS/c1-14(22-28-19(13-30-22)15-7-10-24-11-8-15)26-21(29)18-6-3-9-25-20(18)27-17-5-2-4-16(23)12-17/h2-14H,1H3,(H,25,27)(H,26,29). The van der Waals surface area contributed by atoms with Gasteiger partial charge in [-0.2, -0.15) is 0 Å². The van der Waals surface area contributed by atoms with Crippen molar-refractivity contribution in [3.05, 3.63) is 88.9 Å². The van der Waals surface area contributed by atoms with Gasteiger partial charge in [-0.25, -0.2) is 14.4 Å². The molecule has 4 aromatic rings. The van der Waals surface area contributed by atoms with Crippen LogP contribution in [0.2, 0.25) is 0 Å². The first-order valence-corrected chi connectivity index (χ1v) is 10.1. The molecule has 0 saturated heterocycles. The normalized spacial score (nSPS) is 11.7. The van der Waals surface area contributed by atoms with Gasteiger partial charge in [0.15, 0.2) is 0 Å². The highest BCUT2D eigenvalue weighted by molar-refractivity contribution is 7.10. The maximum absolute atomic E-state index is 13.5. The van der Waals surface area contributed by atoms with Crippen LogP contribution < -0.4 is 10.6 Å². The van der Waals surface area contributed by atoms with Gasteiger partial charge in [0.25, 0.3) is 5.91 Å². The minimum absolute atomic E-state index is 0.291. The highest BCUT2D eigenvalue weighted by Gasteiger charge is 2.18. The molecule has 1 atom stereocenters. The molecule has 3 heterocycles. The lowest BCUT2D eigenvalue weighted by Crippen LogP contribution is -2.27. The molecule has 4 rings (SSSR count). The zero-order valence-corrected chi connectivity index (χ0v) is 16.9. The first-order valence-electron chi connectivity index (χ1n) is 9.24. The average molecular weight is 419 g/mol. The van der Waals surface area contributed by atoms with Crippen molar-refractivity contribution in [1.29, 1.82) is 0 Å². The van der Waals surface area contributed by atoms with Gasteiger partial charge in [-0.15, -0.1) is 11.3 Å². The van der Waals surface area contributed by atoms with E-state index in [1.54, 1.807) is 42.9 Å². The minimum Gasteiger partial charge on any atom is -0.343 e. The topological polar surface area (TPSA) is 79.8 Å². The SMILES string of the molecule is CC(NC(=O)c1cccnc1Nc1cccc(F)c1)c1nc(-c2ccncc2)cs1. The molecular weight excluding hydrogens is 401 g/mol. The molecule has 1 unspecified atom stereocenters. The van der Waals surface area contributed by atoms with Gasteiger partial charge in [0.05, 0.1) is 17.3 Å². The van der Waals surface area contributed by atoms with Gasteiger partial charge in [-0.3, -0.25) is 9.78 Å². The zero-order valence-electron chi connectivity index (χ0n) is 16.0. The molecule has 0 aliphatic heterocycles. The van der Waals surface area contributed by atoms with Crippen LogP contribution in [0, 0.1) is 5.82 Å². The Kier molecular flexibility index (Phi) is 5.76. The number of amides is 1. The zero-order chi connectivity index (χ0) is 20.9. The Labute approximate surface area is 176 Å². The lowest BCUT2D eigenvalue weighted by Gasteiger charge is -2.14. The van der Waals surface area contributed by atoms with E-state index >= 15 is 0 Å². The van der Waals surface area contributed by atoms with E-state index in [1.807, 2.05) is 24.4 Å². The first kappa shape index (κ1) is 19.7. The second-order valence-electron chi connectivity index (χ2n) is 6.54. The third kappa shape index (κ3) is 4.49. The monoisotopic (exact) mass is 419 g/mol. The van der Waals surface area contributed by atoms with Crippen molar-refractivity contribution < 1.29 is 9.18 Å². The summed E-state index contributed by atoms with van der Waals surface area (Å²) in [7, 11) is 0. The molecule has 1 aromatic carbocycles. The fourth-order valence-electron chi connectivity index (χ4n) is 2.87. The Morgan fingerprint density at radius 3 is 2.73 bits per heavy atom. The van der Waals surface area contributed by atoms with E-state index in [0.717, 1.165) is 16.3 Å². The summed E-state index contributed by atoms with van der Waals surface area (Å²) in [5, 5.41) is 8.70. The molecule has 0 aliphatic carbocycles. The molecule has 0 saturated carbocycles. The lowest BCUT2D eigenvalue weighted by molar-refractivity contribution is 0.0940. The van der Waals surface area contributed by atoms with E-state index in [0.29, 0.717) is 17.1 Å². The fourth-order valence-corrected chi connectivity index (χ4v) is 3.70. The van der Waals surface area contributed by atoms with Crippen molar-refractivity contribution in [3.63, 3.8) is 0 Å². The maximum Gasteiger partial charge on any atom is 0.255 e. The Hall–Kier alpha value is -3.65. The molecule has 0 fully saturated rings. The highest BCUT2D eigenvalue weighted by Crippen LogP contribution is 2.26. The quantitative estimate of drug-likeness (QED) is 0.461. The summed E-state index contributed by atoms with van der Waals surface area (Å²) >= 11 is 1.48. The number of aromatic nitrogens is 3. The number of nitrogens with one attached hydrogen (secondary N) is 2. The van der Waals surface area contributed by atoms with Gasteiger partial charge in [0.1, 0.15) is 16.6 Å². The van der Waals surface area contributed by atoms with E-state index in [4.69, 9.17) is 0 Å². The number of nitrogens with zero attached hydrogens (tertiary/aromatic N) is 3. The summed E-state index contributed by atoms with van der Waals surface area (Å²) in [4.78, 5) is 25.8. The molecule has 8 heteroatoms. The van der Waals surface area contributed by atoms with Gasteiger partial charge >= 0.3 is 0 Å². The van der Waals surface area contributed by atoms with Gasteiger partial charge < -0.3 is 10.6 Å². The third-order valence-electron chi connectivity index (χ3n) is 4.36. The molecule has 150 valence electrons. The lowest BCUT2D eigenvalue weighted by atomic mass is 10.2. The summed E-state index contributed by atoms with van der Waals surface area (Å²) in [5.41, 5.74) is 2.69. The Morgan fingerprint density at radius 2 is 1.93 bits per heavy atom. The molecule has 0 aliphatic rings. The second kappa shape index (κ2) is 8.79. The molecule has 0 bridgehead atoms. The molecule has 1 amide bonds. The summed E-state index contributed by atoms with van der Waals surface area (Å²) in [5.74, 6) is -0.316. The van der Waals surface area contributed by atoms with Crippen molar-refractivity contribution >= 4 is 28.7 Å². The van der Waals surface area contributed by atoms with Crippen molar-refractivity contribution in [2.75, 3.05) is 5.32 Å². The van der Waals surface area contributed by atoms with Crippen LogP contribution in [0.15, 0.2) is 72.5 Å². The average Bonchev–Trinajstić information content (AvgIpc) is 3.25. The van der Waals surface area contributed by atoms with Gasteiger partial charge in [0, 0.05) is 35.2 Å². The predicted molar refractivity (Wildman–Crippen MR) is 115 cm³/mol. The number of halogens is 1. The number of anilines is 2. The van der Waals surface area contributed by atoms with Gasteiger partial charge in [-0.05, 0) is 49.4 Å². The largest absolute Gasteiger partial charge is 0.343 e. The second-order valence-corrected chi connectivity index (χ2v) is 7.43. The van der Waals surface area contributed by atoms with Gasteiger partial charge in [0.2, 0.25) is 0 Å². The molecule has 30 heavy (non-hydrogen) atoms. The first-order chi connectivity index (χ1) is 14.6. The number of carbonyl (C=O) groups is 1. The summed E-state index contributed by atoms with van der Waals surface area (Å²) in [6, 6.07) is 12.8. The van der Waals surface area contributed by atoms with Crippen molar-refractivity contribution in [3.8, 4) is 11.3 Å². The number of hydrogen-bond donors (Lipinski definition) is 2. The van der Waals surface area contributed by atoms with Crippen molar-refractivity contribution in [2.45, 2.75) is 13.0 Å². The van der Waals surface area contributed by atoms with Crippen LogP contribution in [0.4, 0.5) is 15.9 Å². The maximum atomic E-state index is 13.5. The number of pyridine rings is 2. The van der Waals surface area contributed by atoms with Crippen LogP contribution in [-0.4, -0.2) is 20.9 Å². The molecule has 0 radical (unpaired) electrons. The minimum atomic E-state index is -0.371. The van der Waals surface area contributed by atoms with Crippen molar-refractivity contribution in [2.24, 2.45) is 0 Å². The molecule has 2 N–H and O–H groups in total. The van der Waals surface area contributed by atoms with Crippen LogP contribution in [0.5, 0.6) is 0 Å². The van der Waals surface area contributed by atoms with E-state index in [-0.39, 0.29) is 17.8 Å². The van der Waals surface area contributed by atoms with E-state index < -0.39 is 0 Å². The third-order valence-corrected chi connectivity index (χ3v) is 5.38. The number of hydrogen-bond acceptors (Lipinski definition) is 6.